The number of amides is 1. The van der Waals surface area contributed by atoms with E-state index in [1.807, 2.05) is 0 Å². The van der Waals surface area contributed by atoms with Gasteiger partial charge in [-0.2, -0.15) is 9.29 Å². The van der Waals surface area contributed by atoms with Gasteiger partial charge in [0.15, 0.2) is 11.6 Å². The monoisotopic (exact) mass is 448 g/mol. The Bertz CT molecular complexity index is 1220. The van der Waals surface area contributed by atoms with E-state index in [2.05, 4.69) is 10.1 Å². The van der Waals surface area contributed by atoms with Crippen molar-refractivity contribution in [2.45, 2.75) is 11.8 Å². The van der Waals surface area contributed by atoms with Crippen LogP contribution in [0.1, 0.15) is 16.2 Å². The summed E-state index contributed by atoms with van der Waals surface area (Å²) in [4.78, 5) is 18.1. The van der Waals surface area contributed by atoms with Gasteiger partial charge in [0, 0.05) is 44.2 Å². The molecule has 0 unspecified atom stereocenters. The molecule has 0 atom stereocenters. The van der Waals surface area contributed by atoms with Crippen LogP contribution in [0.25, 0.3) is 11.4 Å². The molecule has 11 heteroatoms. The number of hydrogen-bond acceptors (Lipinski definition) is 6. The quantitative estimate of drug-likeness (QED) is 0.608. The number of carbonyl (C=O) groups excluding carboxylic acids is 1. The predicted octanol–water partition coefficient (Wildman–Crippen LogP) is 2.47. The summed E-state index contributed by atoms with van der Waals surface area (Å²) in [6, 6.07) is 9.18. The zero-order chi connectivity index (χ0) is 22.2. The van der Waals surface area contributed by atoms with Gasteiger partial charge in [0.25, 0.3) is 5.91 Å². The topological polar surface area (TPSA) is 96.6 Å². The van der Waals surface area contributed by atoms with Gasteiger partial charge in [0.05, 0.1) is 4.90 Å². The molecule has 0 bridgehead atoms. The molecule has 1 saturated heterocycles. The summed E-state index contributed by atoms with van der Waals surface area (Å²) in [6.07, 6.45) is 0. The molecule has 8 nitrogen and oxygen atoms in total. The van der Waals surface area contributed by atoms with Gasteiger partial charge in [-0.3, -0.25) is 4.79 Å². The number of hydrogen-bond donors (Lipinski definition) is 0. The molecule has 0 aliphatic carbocycles. The lowest BCUT2D eigenvalue weighted by atomic mass is 10.1. The fourth-order valence-electron chi connectivity index (χ4n) is 3.28. The Kier molecular flexibility index (Phi) is 5.54. The van der Waals surface area contributed by atoms with Crippen molar-refractivity contribution in [3.05, 3.63) is 65.6 Å². The Hall–Kier alpha value is -3.18. The summed E-state index contributed by atoms with van der Waals surface area (Å²) in [5.74, 6) is -1.72. The van der Waals surface area contributed by atoms with Crippen molar-refractivity contribution in [2.24, 2.45) is 0 Å². The Morgan fingerprint density at radius 2 is 1.68 bits per heavy atom. The fourth-order valence-corrected chi connectivity index (χ4v) is 4.71. The van der Waals surface area contributed by atoms with Gasteiger partial charge in [-0.25, -0.2) is 17.2 Å². The van der Waals surface area contributed by atoms with Gasteiger partial charge in [0.1, 0.15) is 0 Å². The van der Waals surface area contributed by atoms with Crippen molar-refractivity contribution in [3.63, 3.8) is 0 Å². The third kappa shape index (κ3) is 4.19. The first-order valence-electron chi connectivity index (χ1n) is 9.41. The second kappa shape index (κ2) is 8.16. The van der Waals surface area contributed by atoms with Crippen LogP contribution in [0, 0.1) is 18.6 Å². The highest BCUT2D eigenvalue weighted by molar-refractivity contribution is 7.89. The number of sulfonamides is 1. The SMILES string of the molecule is Cc1nc(-c2ccc(C(=O)N3CCN(S(=O)(=O)c4ccc(F)c(F)c4)CC3)cc2)no1. The number of benzene rings is 2. The molecule has 1 aromatic heterocycles. The van der Waals surface area contributed by atoms with Crippen LogP contribution in [0.2, 0.25) is 0 Å². The molecule has 4 rings (SSSR count). The van der Waals surface area contributed by atoms with Crippen molar-refractivity contribution >= 4 is 15.9 Å². The van der Waals surface area contributed by atoms with Gasteiger partial charge in [-0.1, -0.05) is 17.3 Å². The third-order valence-corrected chi connectivity index (χ3v) is 6.87. The lowest BCUT2D eigenvalue weighted by Gasteiger charge is -2.34. The molecule has 31 heavy (non-hydrogen) atoms. The zero-order valence-corrected chi connectivity index (χ0v) is 17.3. The number of carbonyl (C=O) groups is 1. The summed E-state index contributed by atoms with van der Waals surface area (Å²) in [7, 11) is -3.98. The summed E-state index contributed by atoms with van der Waals surface area (Å²) in [5.41, 5.74) is 1.15. The normalized spacial score (nSPS) is 15.3. The van der Waals surface area contributed by atoms with E-state index < -0.39 is 21.7 Å². The van der Waals surface area contributed by atoms with Crippen LogP contribution in [0.5, 0.6) is 0 Å². The van der Waals surface area contributed by atoms with Crippen molar-refractivity contribution < 1.29 is 26.5 Å². The second-order valence-corrected chi connectivity index (χ2v) is 8.92. The minimum absolute atomic E-state index is 0.0489. The maximum atomic E-state index is 13.4. The molecule has 1 aliphatic heterocycles. The molecule has 1 fully saturated rings. The third-order valence-electron chi connectivity index (χ3n) is 4.97. The van der Waals surface area contributed by atoms with E-state index in [0.717, 1.165) is 16.4 Å². The minimum atomic E-state index is -3.98. The Labute approximate surface area is 177 Å². The van der Waals surface area contributed by atoms with E-state index in [-0.39, 0.29) is 37.0 Å². The van der Waals surface area contributed by atoms with E-state index in [4.69, 9.17) is 4.52 Å². The zero-order valence-electron chi connectivity index (χ0n) is 16.5. The smallest absolute Gasteiger partial charge is 0.253 e. The molecular formula is C20H18F2N4O4S. The summed E-state index contributed by atoms with van der Waals surface area (Å²) in [5, 5.41) is 3.83. The summed E-state index contributed by atoms with van der Waals surface area (Å²) < 4.78 is 58.0. The first-order chi connectivity index (χ1) is 14.8. The Morgan fingerprint density at radius 3 is 2.26 bits per heavy atom. The highest BCUT2D eigenvalue weighted by Gasteiger charge is 2.31. The molecule has 0 radical (unpaired) electrons. The molecular weight excluding hydrogens is 430 g/mol. The van der Waals surface area contributed by atoms with Crippen LogP contribution < -0.4 is 0 Å². The van der Waals surface area contributed by atoms with Crippen molar-refractivity contribution in [1.29, 1.82) is 0 Å². The maximum absolute atomic E-state index is 13.4. The highest BCUT2D eigenvalue weighted by atomic mass is 32.2. The molecule has 3 aromatic rings. The van der Waals surface area contributed by atoms with Gasteiger partial charge in [-0.15, -0.1) is 0 Å². The molecule has 162 valence electrons. The van der Waals surface area contributed by atoms with E-state index in [0.29, 0.717) is 28.9 Å². The lowest BCUT2D eigenvalue weighted by Crippen LogP contribution is -2.50. The van der Waals surface area contributed by atoms with Crippen LogP contribution >= 0.6 is 0 Å². The first-order valence-corrected chi connectivity index (χ1v) is 10.8. The maximum Gasteiger partial charge on any atom is 0.253 e. The van der Waals surface area contributed by atoms with Crippen LogP contribution in [0.15, 0.2) is 51.9 Å². The predicted molar refractivity (Wildman–Crippen MR) is 105 cm³/mol. The minimum Gasteiger partial charge on any atom is -0.339 e. The van der Waals surface area contributed by atoms with E-state index in [1.54, 1.807) is 36.1 Å². The molecule has 2 aromatic carbocycles. The van der Waals surface area contributed by atoms with Crippen molar-refractivity contribution in [1.82, 2.24) is 19.3 Å². The van der Waals surface area contributed by atoms with Crippen LogP contribution in [0.3, 0.4) is 0 Å². The van der Waals surface area contributed by atoms with Gasteiger partial charge < -0.3 is 9.42 Å². The van der Waals surface area contributed by atoms with Gasteiger partial charge in [-0.05, 0) is 30.3 Å². The van der Waals surface area contributed by atoms with Crippen LogP contribution in [-0.4, -0.2) is 59.8 Å². The van der Waals surface area contributed by atoms with Gasteiger partial charge in [0.2, 0.25) is 21.7 Å². The average molecular weight is 448 g/mol. The van der Waals surface area contributed by atoms with E-state index in [1.165, 1.54) is 0 Å². The number of rotatable bonds is 4. The number of aromatic nitrogens is 2. The van der Waals surface area contributed by atoms with Crippen LogP contribution in [-0.2, 0) is 10.0 Å². The first kappa shape index (κ1) is 21.1. The Balaban J connectivity index is 1.42. The average Bonchev–Trinajstić information content (AvgIpc) is 3.21. The van der Waals surface area contributed by atoms with Gasteiger partial charge >= 0.3 is 0 Å². The number of aryl methyl sites for hydroxylation is 1. The number of piperazine rings is 1. The molecule has 0 spiro atoms. The standard InChI is InChI=1S/C20H18F2N4O4S/c1-13-23-19(24-30-13)14-2-4-15(5-3-14)20(27)25-8-10-26(11-9-25)31(28,29)16-6-7-17(21)18(22)12-16/h2-7,12H,8-11H2,1H3. The van der Waals surface area contributed by atoms with Crippen LogP contribution in [0.4, 0.5) is 8.78 Å². The number of halogens is 2. The second-order valence-electron chi connectivity index (χ2n) is 6.99. The van der Waals surface area contributed by atoms with Crippen molar-refractivity contribution in [2.75, 3.05) is 26.2 Å². The van der Waals surface area contributed by atoms with E-state index in [9.17, 15) is 22.0 Å². The fraction of sp³-hybridized carbons (Fsp3) is 0.250. The summed E-state index contributed by atoms with van der Waals surface area (Å²) in [6.45, 7) is 2.13. The highest BCUT2D eigenvalue weighted by Crippen LogP contribution is 2.21. The number of nitrogens with zero attached hydrogens (tertiary/aromatic N) is 4. The molecule has 2 heterocycles. The molecule has 1 aliphatic rings. The lowest BCUT2D eigenvalue weighted by molar-refractivity contribution is 0.0698. The van der Waals surface area contributed by atoms with E-state index >= 15 is 0 Å². The molecule has 0 N–H and O–H groups in total. The largest absolute Gasteiger partial charge is 0.339 e. The van der Waals surface area contributed by atoms with Crippen molar-refractivity contribution in [3.8, 4) is 11.4 Å². The molecule has 1 amide bonds. The molecule has 0 saturated carbocycles. The summed E-state index contributed by atoms with van der Waals surface area (Å²) >= 11 is 0. The Morgan fingerprint density at radius 1 is 1.00 bits per heavy atom.